The van der Waals surface area contributed by atoms with Crippen LogP contribution in [-0.2, 0) is 4.79 Å². The van der Waals surface area contributed by atoms with Gasteiger partial charge in [-0.05, 0) is 43.3 Å². The minimum Gasteiger partial charge on any atom is -0.494 e. The summed E-state index contributed by atoms with van der Waals surface area (Å²) in [5.41, 5.74) is 1.49. The Morgan fingerprint density at radius 2 is 2.08 bits per heavy atom. The quantitative estimate of drug-likeness (QED) is 0.703. The highest BCUT2D eigenvalue weighted by atomic mass is 16.5. The summed E-state index contributed by atoms with van der Waals surface area (Å²) in [6.07, 6.45) is 2.02. The van der Waals surface area contributed by atoms with E-state index in [-0.39, 0.29) is 11.8 Å². The van der Waals surface area contributed by atoms with E-state index in [0.29, 0.717) is 37.0 Å². The highest BCUT2D eigenvalue weighted by Crippen LogP contribution is 2.32. The average molecular weight is 350 g/mol. The minimum absolute atomic E-state index is 0.0387. The molecule has 4 rings (SSSR count). The number of rotatable bonds is 5. The first-order valence-corrected chi connectivity index (χ1v) is 8.53. The average Bonchev–Trinajstić information content (AvgIpc) is 3.30. The highest BCUT2D eigenvalue weighted by Gasteiger charge is 2.35. The molecule has 26 heavy (non-hydrogen) atoms. The summed E-state index contributed by atoms with van der Waals surface area (Å²) in [7, 11) is 0. The molecule has 0 spiro atoms. The second kappa shape index (κ2) is 6.95. The number of aromatic nitrogens is 3. The topological polar surface area (TPSA) is 81.3 Å². The van der Waals surface area contributed by atoms with Crippen molar-refractivity contribution in [3.05, 3.63) is 54.6 Å². The third-order valence-corrected chi connectivity index (χ3v) is 4.27. The van der Waals surface area contributed by atoms with Gasteiger partial charge in [-0.15, -0.1) is 0 Å². The Labute approximate surface area is 150 Å². The van der Waals surface area contributed by atoms with Gasteiger partial charge in [0.1, 0.15) is 11.4 Å². The van der Waals surface area contributed by atoms with Gasteiger partial charge in [-0.1, -0.05) is 11.2 Å². The number of hydrogen-bond acceptors (Lipinski definition) is 6. The number of nitrogens with zero attached hydrogens (tertiary/aromatic N) is 4. The van der Waals surface area contributed by atoms with Gasteiger partial charge in [0.2, 0.25) is 17.6 Å². The Bertz CT molecular complexity index is 893. The van der Waals surface area contributed by atoms with Gasteiger partial charge in [-0.25, -0.2) is 0 Å². The number of benzene rings is 1. The summed E-state index contributed by atoms with van der Waals surface area (Å²) in [5.74, 6) is 1.60. The fraction of sp³-hybridized carbons (Fsp3) is 0.263. The number of carbonyl (C=O) groups is 1. The van der Waals surface area contributed by atoms with E-state index in [9.17, 15) is 4.79 Å². The number of hydrogen-bond donors (Lipinski definition) is 0. The van der Waals surface area contributed by atoms with Crippen molar-refractivity contribution in [1.29, 1.82) is 0 Å². The first-order chi connectivity index (χ1) is 12.7. The maximum atomic E-state index is 12.4. The number of pyridine rings is 1. The summed E-state index contributed by atoms with van der Waals surface area (Å²) in [6, 6.07) is 13.0. The van der Waals surface area contributed by atoms with E-state index in [0.717, 1.165) is 11.4 Å². The molecule has 0 saturated carbocycles. The molecule has 1 aliphatic heterocycles. The molecule has 3 aromatic rings. The van der Waals surface area contributed by atoms with E-state index in [1.54, 1.807) is 11.1 Å². The van der Waals surface area contributed by atoms with Crippen molar-refractivity contribution in [2.45, 2.75) is 19.3 Å². The monoisotopic (exact) mass is 350 g/mol. The number of ether oxygens (including phenoxy) is 1. The largest absolute Gasteiger partial charge is 0.494 e. The SMILES string of the molecule is CCOc1ccc(N2C[C@H](c3nc(-c4ccccn4)no3)CC2=O)cc1. The molecule has 132 valence electrons. The molecule has 1 saturated heterocycles. The van der Waals surface area contributed by atoms with Gasteiger partial charge in [0.15, 0.2) is 0 Å². The molecule has 0 N–H and O–H groups in total. The van der Waals surface area contributed by atoms with Crippen molar-refractivity contribution in [2.24, 2.45) is 0 Å². The van der Waals surface area contributed by atoms with Gasteiger partial charge < -0.3 is 14.2 Å². The summed E-state index contributed by atoms with van der Waals surface area (Å²) in [4.78, 5) is 22.8. The maximum absolute atomic E-state index is 12.4. The summed E-state index contributed by atoms with van der Waals surface area (Å²) in [6.45, 7) is 3.06. The van der Waals surface area contributed by atoms with Crippen LogP contribution in [-0.4, -0.2) is 34.2 Å². The molecule has 3 heterocycles. The third kappa shape index (κ3) is 3.15. The molecule has 1 amide bonds. The van der Waals surface area contributed by atoms with Crippen LogP contribution in [0.2, 0.25) is 0 Å². The van der Waals surface area contributed by atoms with Crippen LogP contribution in [0.5, 0.6) is 5.75 Å². The van der Waals surface area contributed by atoms with Gasteiger partial charge >= 0.3 is 0 Å². The standard InChI is InChI=1S/C19H18N4O3/c1-2-25-15-8-6-14(7-9-15)23-12-13(11-17(23)24)19-21-18(22-26-19)16-5-3-4-10-20-16/h3-10,13H,2,11-12H2,1H3/t13-/m1/s1. The van der Waals surface area contributed by atoms with Gasteiger partial charge in [0.25, 0.3) is 0 Å². The Morgan fingerprint density at radius 1 is 1.23 bits per heavy atom. The second-order valence-electron chi connectivity index (χ2n) is 6.00. The molecule has 1 fully saturated rings. The molecule has 0 bridgehead atoms. The summed E-state index contributed by atoms with van der Waals surface area (Å²) >= 11 is 0. The van der Waals surface area contributed by atoms with Crippen molar-refractivity contribution in [1.82, 2.24) is 15.1 Å². The summed E-state index contributed by atoms with van der Waals surface area (Å²) in [5, 5.41) is 3.99. The first kappa shape index (κ1) is 16.3. The molecule has 7 heteroatoms. The highest BCUT2D eigenvalue weighted by molar-refractivity contribution is 5.96. The molecule has 2 aromatic heterocycles. The number of amides is 1. The number of anilines is 1. The maximum Gasteiger partial charge on any atom is 0.232 e. The molecule has 1 aromatic carbocycles. The van der Waals surface area contributed by atoms with Gasteiger partial charge in [0, 0.05) is 24.8 Å². The van der Waals surface area contributed by atoms with Crippen molar-refractivity contribution in [3.63, 3.8) is 0 Å². The van der Waals surface area contributed by atoms with Crippen LogP contribution < -0.4 is 9.64 Å². The van der Waals surface area contributed by atoms with Crippen LogP contribution >= 0.6 is 0 Å². The van der Waals surface area contributed by atoms with E-state index < -0.39 is 0 Å². The van der Waals surface area contributed by atoms with Crippen LogP contribution in [0, 0.1) is 0 Å². The van der Waals surface area contributed by atoms with Crippen LogP contribution in [0.25, 0.3) is 11.5 Å². The smallest absolute Gasteiger partial charge is 0.232 e. The van der Waals surface area contributed by atoms with Crippen molar-refractivity contribution in [3.8, 4) is 17.3 Å². The Balaban J connectivity index is 1.50. The molecule has 0 unspecified atom stereocenters. The van der Waals surface area contributed by atoms with E-state index in [2.05, 4.69) is 15.1 Å². The number of carbonyl (C=O) groups excluding carboxylic acids is 1. The van der Waals surface area contributed by atoms with Crippen LogP contribution in [0.15, 0.2) is 53.2 Å². The third-order valence-electron chi connectivity index (χ3n) is 4.27. The molecule has 1 atom stereocenters. The normalized spacial score (nSPS) is 16.9. The predicted molar refractivity (Wildman–Crippen MR) is 94.9 cm³/mol. The van der Waals surface area contributed by atoms with E-state index in [1.165, 1.54) is 0 Å². The molecular formula is C19H18N4O3. The van der Waals surface area contributed by atoms with E-state index in [1.807, 2.05) is 49.4 Å². The predicted octanol–water partition coefficient (Wildman–Crippen LogP) is 3.05. The van der Waals surface area contributed by atoms with Crippen molar-refractivity contribution in [2.75, 3.05) is 18.1 Å². The zero-order valence-corrected chi connectivity index (χ0v) is 14.3. The van der Waals surface area contributed by atoms with Crippen molar-refractivity contribution >= 4 is 11.6 Å². The lowest BCUT2D eigenvalue weighted by molar-refractivity contribution is -0.117. The zero-order chi connectivity index (χ0) is 17.9. The molecule has 7 nitrogen and oxygen atoms in total. The Kier molecular flexibility index (Phi) is 4.35. The molecule has 1 aliphatic rings. The van der Waals surface area contributed by atoms with Crippen LogP contribution in [0.3, 0.4) is 0 Å². The van der Waals surface area contributed by atoms with E-state index in [4.69, 9.17) is 9.26 Å². The molecule has 0 aliphatic carbocycles. The first-order valence-electron chi connectivity index (χ1n) is 8.53. The van der Waals surface area contributed by atoms with Gasteiger partial charge in [-0.2, -0.15) is 4.98 Å². The fourth-order valence-corrected chi connectivity index (χ4v) is 3.01. The Hall–Kier alpha value is -3.22. The van der Waals surface area contributed by atoms with Crippen molar-refractivity contribution < 1.29 is 14.1 Å². The zero-order valence-electron chi connectivity index (χ0n) is 14.3. The molecular weight excluding hydrogens is 332 g/mol. The van der Waals surface area contributed by atoms with Gasteiger partial charge in [-0.3, -0.25) is 9.78 Å². The van der Waals surface area contributed by atoms with Gasteiger partial charge in [0.05, 0.1) is 12.5 Å². The molecule has 0 radical (unpaired) electrons. The van der Waals surface area contributed by atoms with Crippen LogP contribution in [0.4, 0.5) is 5.69 Å². The Morgan fingerprint density at radius 3 is 2.81 bits per heavy atom. The lowest BCUT2D eigenvalue weighted by atomic mass is 10.1. The lowest BCUT2D eigenvalue weighted by Crippen LogP contribution is -2.24. The minimum atomic E-state index is -0.126. The van der Waals surface area contributed by atoms with E-state index >= 15 is 0 Å². The summed E-state index contributed by atoms with van der Waals surface area (Å²) < 4.78 is 10.8. The lowest BCUT2D eigenvalue weighted by Gasteiger charge is -2.16. The van der Waals surface area contributed by atoms with Crippen LogP contribution in [0.1, 0.15) is 25.2 Å². The second-order valence-corrected chi connectivity index (χ2v) is 6.00. The fourth-order valence-electron chi connectivity index (χ4n) is 3.01.